The third kappa shape index (κ3) is 3.38. The number of nitrogens with zero attached hydrogens (tertiary/aromatic N) is 2. The lowest BCUT2D eigenvalue weighted by atomic mass is 10.2. The molecule has 1 aromatic carbocycles. The van der Waals surface area contributed by atoms with Gasteiger partial charge in [-0.25, -0.2) is 0 Å². The Hall–Kier alpha value is -0.850. The quantitative estimate of drug-likeness (QED) is 0.844. The van der Waals surface area contributed by atoms with Crippen molar-refractivity contribution in [2.24, 2.45) is 11.7 Å². The Bertz CT molecular complexity index is 553. The van der Waals surface area contributed by atoms with Crippen molar-refractivity contribution in [3.8, 4) is 0 Å². The summed E-state index contributed by atoms with van der Waals surface area (Å²) in [6, 6.07) is 8.08. The average molecular weight is 340 g/mol. The molecule has 6 heteroatoms. The molecule has 2 N–H and O–H groups in total. The molecule has 0 saturated heterocycles. The van der Waals surface area contributed by atoms with Crippen molar-refractivity contribution in [3.05, 3.63) is 40.5 Å². The first-order valence-corrected chi connectivity index (χ1v) is 7.96. The van der Waals surface area contributed by atoms with Crippen LogP contribution in [0, 0.1) is 5.92 Å². The number of hydrogen-bond acceptors (Lipinski definition) is 5. The van der Waals surface area contributed by atoms with Gasteiger partial charge in [0.15, 0.2) is 5.82 Å². The van der Waals surface area contributed by atoms with Gasteiger partial charge in [0.1, 0.15) is 0 Å². The highest BCUT2D eigenvalue weighted by Gasteiger charge is 2.33. The number of nitrogens with two attached hydrogens (primary N) is 1. The maximum Gasteiger partial charge on any atom is 0.243 e. The van der Waals surface area contributed by atoms with Crippen LogP contribution >= 0.6 is 27.7 Å². The zero-order valence-corrected chi connectivity index (χ0v) is 12.7. The summed E-state index contributed by atoms with van der Waals surface area (Å²) in [7, 11) is 0. The van der Waals surface area contributed by atoms with Gasteiger partial charge in [-0.2, -0.15) is 4.98 Å². The number of thioether (sulfide) groups is 1. The van der Waals surface area contributed by atoms with Gasteiger partial charge in [-0.15, -0.1) is 11.8 Å². The summed E-state index contributed by atoms with van der Waals surface area (Å²) in [6.07, 6.45) is 2.35. The molecule has 1 saturated carbocycles. The summed E-state index contributed by atoms with van der Waals surface area (Å²) in [4.78, 5) is 5.55. The first-order valence-electron chi connectivity index (χ1n) is 6.19. The molecular weight excluding hydrogens is 326 g/mol. The minimum Gasteiger partial charge on any atom is -0.338 e. The van der Waals surface area contributed by atoms with E-state index in [-0.39, 0.29) is 6.04 Å². The summed E-state index contributed by atoms with van der Waals surface area (Å²) >= 11 is 5.10. The Morgan fingerprint density at radius 1 is 1.37 bits per heavy atom. The van der Waals surface area contributed by atoms with Crippen LogP contribution < -0.4 is 5.73 Å². The maximum absolute atomic E-state index is 6.03. The van der Waals surface area contributed by atoms with Crippen LogP contribution in [-0.4, -0.2) is 10.1 Å². The van der Waals surface area contributed by atoms with Crippen LogP contribution in [0.2, 0.25) is 0 Å². The van der Waals surface area contributed by atoms with E-state index >= 15 is 0 Å². The van der Waals surface area contributed by atoms with E-state index in [4.69, 9.17) is 10.3 Å². The van der Waals surface area contributed by atoms with E-state index in [1.165, 1.54) is 17.7 Å². The van der Waals surface area contributed by atoms with Gasteiger partial charge >= 0.3 is 0 Å². The second-order valence-electron chi connectivity index (χ2n) is 4.65. The molecule has 3 rings (SSSR count). The van der Waals surface area contributed by atoms with Crippen LogP contribution in [0.3, 0.4) is 0 Å². The molecule has 1 aliphatic rings. The van der Waals surface area contributed by atoms with E-state index in [0.29, 0.717) is 23.4 Å². The fourth-order valence-electron chi connectivity index (χ4n) is 1.80. The van der Waals surface area contributed by atoms with E-state index < -0.39 is 0 Å². The Labute approximate surface area is 124 Å². The van der Waals surface area contributed by atoms with Gasteiger partial charge < -0.3 is 10.3 Å². The van der Waals surface area contributed by atoms with Gasteiger partial charge in [0, 0.05) is 9.37 Å². The third-order valence-electron chi connectivity index (χ3n) is 3.08. The van der Waals surface area contributed by atoms with Crippen molar-refractivity contribution in [3.63, 3.8) is 0 Å². The third-order valence-corrected chi connectivity index (χ3v) is 4.62. The molecule has 1 atom stereocenters. The standard InChI is InChI=1S/C13H14BrN3OS/c14-9-3-5-10(6-4-9)19-7-11-16-13(18-17-11)12(15)8-1-2-8/h3-6,8,12H,1-2,7,15H2. The van der Waals surface area contributed by atoms with Gasteiger partial charge in [0.25, 0.3) is 0 Å². The Morgan fingerprint density at radius 3 is 2.79 bits per heavy atom. The lowest BCUT2D eigenvalue weighted by Crippen LogP contribution is -2.12. The van der Waals surface area contributed by atoms with Crippen molar-refractivity contribution in [2.75, 3.05) is 0 Å². The van der Waals surface area contributed by atoms with E-state index in [9.17, 15) is 0 Å². The van der Waals surface area contributed by atoms with Gasteiger partial charge in [0.2, 0.25) is 5.89 Å². The maximum atomic E-state index is 6.03. The first kappa shape index (κ1) is 13.1. The Balaban J connectivity index is 1.59. The summed E-state index contributed by atoms with van der Waals surface area (Å²) in [5.74, 6) is 2.52. The average Bonchev–Trinajstić information content (AvgIpc) is 3.16. The molecule has 0 aliphatic heterocycles. The highest BCUT2D eigenvalue weighted by Crippen LogP contribution is 2.38. The normalized spacial score (nSPS) is 16.5. The lowest BCUT2D eigenvalue weighted by molar-refractivity contribution is 0.341. The molecule has 0 radical (unpaired) electrons. The molecule has 2 aromatic rings. The molecule has 1 aromatic heterocycles. The number of halogens is 1. The van der Waals surface area contributed by atoms with E-state index in [0.717, 1.165) is 4.47 Å². The van der Waals surface area contributed by atoms with Crippen molar-refractivity contribution in [2.45, 2.75) is 29.5 Å². The number of aromatic nitrogens is 2. The summed E-state index contributed by atoms with van der Waals surface area (Å²) < 4.78 is 6.31. The molecule has 0 amide bonds. The first-order chi connectivity index (χ1) is 9.22. The zero-order chi connectivity index (χ0) is 13.2. The van der Waals surface area contributed by atoms with Crippen molar-refractivity contribution in [1.29, 1.82) is 0 Å². The van der Waals surface area contributed by atoms with Gasteiger partial charge in [0.05, 0.1) is 11.8 Å². The highest BCUT2D eigenvalue weighted by atomic mass is 79.9. The molecule has 1 unspecified atom stereocenters. The molecule has 19 heavy (non-hydrogen) atoms. The van der Waals surface area contributed by atoms with Gasteiger partial charge in [-0.3, -0.25) is 0 Å². The molecule has 100 valence electrons. The van der Waals surface area contributed by atoms with Crippen LogP contribution in [0.4, 0.5) is 0 Å². The van der Waals surface area contributed by atoms with Gasteiger partial charge in [-0.1, -0.05) is 21.1 Å². The topological polar surface area (TPSA) is 64.9 Å². The predicted octanol–water partition coefficient (Wildman–Crippen LogP) is 3.53. The second kappa shape index (κ2) is 5.64. The van der Waals surface area contributed by atoms with Crippen LogP contribution in [0.1, 0.15) is 30.6 Å². The minimum atomic E-state index is -0.0843. The molecule has 0 spiro atoms. The Morgan fingerprint density at radius 2 is 2.11 bits per heavy atom. The van der Waals surface area contributed by atoms with E-state index in [2.05, 4.69) is 38.2 Å². The van der Waals surface area contributed by atoms with Crippen LogP contribution in [0.25, 0.3) is 0 Å². The van der Waals surface area contributed by atoms with Crippen molar-refractivity contribution in [1.82, 2.24) is 10.1 Å². The molecule has 1 heterocycles. The zero-order valence-electron chi connectivity index (χ0n) is 10.3. The van der Waals surface area contributed by atoms with Crippen LogP contribution in [-0.2, 0) is 5.75 Å². The monoisotopic (exact) mass is 339 g/mol. The Kier molecular flexibility index (Phi) is 3.91. The molecular formula is C13H14BrN3OS. The molecule has 1 fully saturated rings. The molecule has 4 nitrogen and oxygen atoms in total. The van der Waals surface area contributed by atoms with Gasteiger partial charge in [-0.05, 0) is 43.0 Å². The SMILES string of the molecule is NC(c1nc(CSc2ccc(Br)cc2)no1)C1CC1. The summed E-state index contributed by atoms with van der Waals surface area (Å²) in [5, 5.41) is 3.98. The smallest absolute Gasteiger partial charge is 0.243 e. The number of benzene rings is 1. The summed E-state index contributed by atoms with van der Waals surface area (Å²) in [5.41, 5.74) is 6.03. The predicted molar refractivity (Wildman–Crippen MR) is 77.7 cm³/mol. The van der Waals surface area contributed by atoms with Crippen molar-refractivity contribution < 1.29 is 4.52 Å². The minimum absolute atomic E-state index is 0.0843. The highest BCUT2D eigenvalue weighted by molar-refractivity contribution is 9.10. The summed E-state index contributed by atoms with van der Waals surface area (Å²) in [6.45, 7) is 0. The molecule has 0 bridgehead atoms. The fourth-order valence-corrected chi connectivity index (χ4v) is 2.80. The lowest BCUT2D eigenvalue weighted by Gasteiger charge is -2.01. The second-order valence-corrected chi connectivity index (χ2v) is 6.62. The van der Waals surface area contributed by atoms with Crippen LogP contribution in [0.5, 0.6) is 0 Å². The number of rotatable bonds is 5. The number of hydrogen-bond donors (Lipinski definition) is 1. The fraction of sp³-hybridized carbons (Fsp3) is 0.385. The van der Waals surface area contributed by atoms with Crippen molar-refractivity contribution >= 4 is 27.7 Å². The molecule has 1 aliphatic carbocycles. The van der Waals surface area contributed by atoms with Crippen LogP contribution in [0.15, 0.2) is 38.2 Å². The van der Waals surface area contributed by atoms with E-state index in [1.807, 2.05) is 12.1 Å². The van der Waals surface area contributed by atoms with E-state index in [1.54, 1.807) is 11.8 Å². The largest absolute Gasteiger partial charge is 0.338 e.